The highest BCUT2D eigenvalue weighted by Crippen LogP contribution is 2.43. The molecule has 0 atom stereocenters. The van der Waals surface area contributed by atoms with Gasteiger partial charge < -0.3 is 9.47 Å². The predicted octanol–water partition coefficient (Wildman–Crippen LogP) is 4.85. The minimum Gasteiger partial charge on any atom is -0.485 e. The first kappa shape index (κ1) is 13.4. The number of aliphatic imine (C=N–C) groups is 1. The minimum absolute atomic E-state index is 0.538. The Bertz CT molecular complexity index is 822. The van der Waals surface area contributed by atoms with Gasteiger partial charge in [0.15, 0.2) is 0 Å². The van der Waals surface area contributed by atoms with Crippen LogP contribution in [0, 0.1) is 0 Å². The van der Waals surface area contributed by atoms with Gasteiger partial charge in [0.25, 0.3) is 0 Å². The Balaban J connectivity index is 1.55. The fourth-order valence-electron chi connectivity index (χ4n) is 3.66. The van der Waals surface area contributed by atoms with Crippen molar-refractivity contribution in [3.63, 3.8) is 0 Å². The van der Waals surface area contributed by atoms with Crippen LogP contribution in [0.25, 0.3) is 0 Å². The third-order valence-corrected chi connectivity index (χ3v) is 5.75. The van der Waals surface area contributed by atoms with Crippen molar-refractivity contribution in [3.8, 4) is 0 Å². The Labute approximate surface area is 139 Å². The van der Waals surface area contributed by atoms with E-state index in [0.29, 0.717) is 6.61 Å². The Morgan fingerprint density at radius 3 is 3.00 bits per heavy atom. The van der Waals surface area contributed by atoms with Crippen molar-refractivity contribution in [1.82, 2.24) is 0 Å². The molecule has 2 aliphatic heterocycles. The molecule has 2 aliphatic carbocycles. The molecule has 0 bridgehead atoms. The summed E-state index contributed by atoms with van der Waals surface area (Å²) in [5.74, 6) is 1.83. The van der Waals surface area contributed by atoms with Crippen LogP contribution in [0.5, 0.6) is 0 Å². The van der Waals surface area contributed by atoms with Gasteiger partial charge in [-0.1, -0.05) is 6.07 Å². The summed E-state index contributed by atoms with van der Waals surface area (Å²) in [6.07, 6.45) is 9.63. The number of nitrogens with zero attached hydrogens (tertiary/aromatic N) is 1. The van der Waals surface area contributed by atoms with Gasteiger partial charge >= 0.3 is 0 Å². The van der Waals surface area contributed by atoms with Crippen LogP contribution in [0.2, 0.25) is 0 Å². The molecule has 3 nitrogen and oxygen atoms in total. The van der Waals surface area contributed by atoms with E-state index in [1.54, 1.807) is 11.3 Å². The molecule has 23 heavy (non-hydrogen) atoms. The first-order chi connectivity index (χ1) is 11.4. The van der Waals surface area contributed by atoms with Crippen LogP contribution in [0.15, 0.2) is 68.8 Å². The van der Waals surface area contributed by atoms with Gasteiger partial charge in [-0.3, -0.25) is 0 Å². The zero-order valence-corrected chi connectivity index (χ0v) is 13.6. The topological polar surface area (TPSA) is 30.8 Å². The van der Waals surface area contributed by atoms with Crippen molar-refractivity contribution in [2.75, 3.05) is 6.61 Å². The first-order valence-electron chi connectivity index (χ1n) is 8.16. The van der Waals surface area contributed by atoms with Gasteiger partial charge in [-0.25, -0.2) is 4.99 Å². The normalized spacial score (nSPS) is 22.9. The highest BCUT2D eigenvalue weighted by Gasteiger charge is 2.30. The molecular weight excluding hydrogens is 306 g/mol. The van der Waals surface area contributed by atoms with Crippen LogP contribution in [-0.2, 0) is 9.47 Å². The largest absolute Gasteiger partial charge is 0.485 e. The van der Waals surface area contributed by atoms with E-state index in [1.165, 1.54) is 34.4 Å². The third-order valence-electron chi connectivity index (χ3n) is 4.83. The molecule has 4 heteroatoms. The second-order valence-electron chi connectivity index (χ2n) is 6.25. The van der Waals surface area contributed by atoms with Gasteiger partial charge in [-0.2, -0.15) is 0 Å². The maximum Gasteiger partial charge on any atom is 0.145 e. The number of hydrogen-bond acceptors (Lipinski definition) is 4. The molecule has 1 fully saturated rings. The van der Waals surface area contributed by atoms with E-state index in [1.807, 2.05) is 12.3 Å². The molecule has 1 aromatic heterocycles. The maximum atomic E-state index is 5.96. The van der Waals surface area contributed by atoms with E-state index in [2.05, 4.69) is 17.5 Å². The molecular formula is C19H17NO2S. The second kappa shape index (κ2) is 5.24. The smallest absolute Gasteiger partial charge is 0.145 e. The summed E-state index contributed by atoms with van der Waals surface area (Å²) < 4.78 is 11.8. The van der Waals surface area contributed by atoms with Crippen molar-refractivity contribution in [3.05, 3.63) is 68.7 Å². The molecule has 0 amide bonds. The quantitative estimate of drug-likeness (QED) is 0.739. The average molecular weight is 323 g/mol. The highest BCUT2D eigenvalue weighted by molar-refractivity contribution is 7.12. The Hall–Kier alpha value is -2.07. The lowest BCUT2D eigenvalue weighted by molar-refractivity contribution is 0.252. The molecule has 0 N–H and O–H groups in total. The Kier molecular flexibility index (Phi) is 3.05. The number of ether oxygens (including phenoxy) is 2. The van der Waals surface area contributed by atoms with Gasteiger partial charge in [-0.05, 0) is 48.3 Å². The summed E-state index contributed by atoms with van der Waals surface area (Å²) in [5.41, 5.74) is 6.27. The lowest BCUT2D eigenvalue weighted by Crippen LogP contribution is -2.20. The SMILES string of the molecule is C1=C2CCCCC2=C2CC3=C(C=C2O1)OCC(c1cccs1)=N3. The van der Waals surface area contributed by atoms with Crippen LogP contribution >= 0.6 is 11.3 Å². The molecule has 1 saturated carbocycles. The number of thiophene rings is 1. The van der Waals surface area contributed by atoms with Crippen molar-refractivity contribution < 1.29 is 9.47 Å². The van der Waals surface area contributed by atoms with Crippen molar-refractivity contribution >= 4 is 17.0 Å². The Morgan fingerprint density at radius 2 is 2.09 bits per heavy atom. The molecule has 0 unspecified atom stereocenters. The molecule has 3 heterocycles. The fraction of sp³-hybridized carbons (Fsp3) is 0.316. The molecule has 0 radical (unpaired) electrons. The van der Waals surface area contributed by atoms with Gasteiger partial charge in [0.2, 0.25) is 0 Å². The number of fused-ring (bicyclic) bond motifs is 2. The number of allylic oxidation sites excluding steroid dienone is 5. The zero-order valence-electron chi connectivity index (χ0n) is 12.8. The average Bonchev–Trinajstić information content (AvgIpc) is 3.14. The van der Waals surface area contributed by atoms with Gasteiger partial charge in [0.05, 0.1) is 22.5 Å². The first-order valence-corrected chi connectivity index (χ1v) is 9.04. The summed E-state index contributed by atoms with van der Waals surface area (Å²) in [6.45, 7) is 0.538. The number of rotatable bonds is 1. The molecule has 5 rings (SSSR count). The minimum atomic E-state index is 0.538. The zero-order chi connectivity index (χ0) is 15.2. The van der Waals surface area contributed by atoms with Crippen molar-refractivity contribution in [2.45, 2.75) is 32.1 Å². The summed E-state index contributed by atoms with van der Waals surface area (Å²) in [4.78, 5) is 6.10. The van der Waals surface area contributed by atoms with Crippen LogP contribution < -0.4 is 0 Å². The van der Waals surface area contributed by atoms with E-state index < -0.39 is 0 Å². The molecule has 0 saturated heterocycles. The van der Waals surface area contributed by atoms with E-state index in [0.717, 1.165) is 42.2 Å². The van der Waals surface area contributed by atoms with E-state index >= 15 is 0 Å². The van der Waals surface area contributed by atoms with E-state index in [-0.39, 0.29) is 0 Å². The predicted molar refractivity (Wildman–Crippen MR) is 91.2 cm³/mol. The molecule has 4 aliphatic rings. The van der Waals surface area contributed by atoms with Crippen molar-refractivity contribution in [2.24, 2.45) is 4.99 Å². The van der Waals surface area contributed by atoms with E-state index in [4.69, 9.17) is 14.5 Å². The van der Waals surface area contributed by atoms with Crippen LogP contribution in [-0.4, -0.2) is 12.3 Å². The summed E-state index contributed by atoms with van der Waals surface area (Å²) in [7, 11) is 0. The molecule has 116 valence electrons. The Morgan fingerprint density at radius 1 is 1.13 bits per heavy atom. The maximum absolute atomic E-state index is 5.96. The summed E-state index contributed by atoms with van der Waals surface area (Å²) in [6, 6.07) is 4.17. The van der Waals surface area contributed by atoms with Crippen LogP contribution in [0.3, 0.4) is 0 Å². The van der Waals surface area contributed by atoms with Gasteiger partial charge in [0.1, 0.15) is 18.1 Å². The third kappa shape index (κ3) is 2.20. The van der Waals surface area contributed by atoms with Gasteiger partial charge in [-0.15, -0.1) is 11.3 Å². The summed E-state index contributed by atoms with van der Waals surface area (Å²) >= 11 is 1.72. The van der Waals surface area contributed by atoms with Crippen LogP contribution in [0.4, 0.5) is 0 Å². The molecule has 1 aromatic rings. The lowest BCUT2D eigenvalue weighted by atomic mass is 9.82. The fourth-order valence-corrected chi connectivity index (χ4v) is 4.36. The monoisotopic (exact) mass is 323 g/mol. The second-order valence-corrected chi connectivity index (χ2v) is 7.19. The molecule has 0 spiro atoms. The van der Waals surface area contributed by atoms with Crippen molar-refractivity contribution in [1.29, 1.82) is 0 Å². The molecule has 0 aromatic carbocycles. The highest BCUT2D eigenvalue weighted by atomic mass is 32.1. The van der Waals surface area contributed by atoms with Gasteiger partial charge in [0, 0.05) is 18.1 Å². The number of hydrogen-bond donors (Lipinski definition) is 0. The standard InChI is InChI=1S/C19H17NO2S/c1-2-5-13-12(4-1)10-21-17-9-18-15(8-14(13)17)20-16(11-22-18)19-6-3-7-23-19/h3,6-7,9-10H,1-2,4-5,8,11H2. The van der Waals surface area contributed by atoms with E-state index in [9.17, 15) is 0 Å². The summed E-state index contributed by atoms with van der Waals surface area (Å²) in [5, 5.41) is 2.08. The van der Waals surface area contributed by atoms with Crippen LogP contribution in [0.1, 0.15) is 37.0 Å². The lowest BCUT2D eigenvalue weighted by Gasteiger charge is -2.31.